The molecule has 1 aliphatic heterocycles. The topological polar surface area (TPSA) is 32.8 Å². The maximum atomic E-state index is 11.9. The molecule has 1 aromatic heterocycles. The minimum atomic E-state index is 0.115. The van der Waals surface area contributed by atoms with Gasteiger partial charge in [0, 0.05) is 32.7 Å². The maximum absolute atomic E-state index is 11.9. The van der Waals surface area contributed by atoms with Crippen LogP contribution < -0.4 is 0 Å². The van der Waals surface area contributed by atoms with Gasteiger partial charge in [-0.1, -0.05) is 0 Å². The number of carbonyl (C=O) groups excluding carboxylic acids is 1. The second kappa shape index (κ2) is 7.03. The fourth-order valence-electron chi connectivity index (χ4n) is 2.13. The van der Waals surface area contributed by atoms with E-state index < -0.39 is 0 Å². The van der Waals surface area contributed by atoms with E-state index in [0.717, 1.165) is 32.7 Å². The van der Waals surface area contributed by atoms with Crippen LogP contribution in [0.1, 0.15) is 19.4 Å². The summed E-state index contributed by atoms with van der Waals surface area (Å²) in [5.41, 5.74) is 1.37. The van der Waals surface area contributed by atoms with Crippen LogP contribution >= 0.6 is 11.3 Å². The number of thiophene rings is 1. The Hall–Kier alpha value is -0.910. The molecule has 1 aromatic rings. The number of nitrogens with zero attached hydrogens (tertiary/aromatic N) is 2. The third-order valence-electron chi connectivity index (χ3n) is 3.25. The fourth-order valence-corrected chi connectivity index (χ4v) is 2.79. The Bertz CT molecular complexity index is 384. The molecule has 0 spiro atoms. The Morgan fingerprint density at radius 3 is 2.68 bits per heavy atom. The van der Waals surface area contributed by atoms with Crippen LogP contribution in [0.2, 0.25) is 0 Å². The minimum Gasteiger partial charge on any atom is -0.369 e. The fraction of sp³-hybridized carbons (Fsp3) is 0.643. The normalized spacial score (nSPS) is 17.1. The third-order valence-corrected chi connectivity index (χ3v) is 3.98. The van der Waals surface area contributed by atoms with Gasteiger partial charge in [0.05, 0.1) is 6.10 Å². The molecule has 0 radical (unpaired) electrons. The second-order valence-corrected chi connectivity index (χ2v) is 5.93. The number of ether oxygens (including phenoxy) is 1. The summed E-state index contributed by atoms with van der Waals surface area (Å²) >= 11 is 1.74. The zero-order chi connectivity index (χ0) is 13.7. The summed E-state index contributed by atoms with van der Waals surface area (Å²) in [6.07, 6.45) is 0.115. The zero-order valence-electron chi connectivity index (χ0n) is 11.7. The molecule has 1 fully saturated rings. The molecule has 1 amide bonds. The molecule has 0 N–H and O–H groups in total. The number of rotatable bonds is 5. The van der Waals surface area contributed by atoms with E-state index in [2.05, 4.69) is 21.7 Å². The highest BCUT2D eigenvalue weighted by Crippen LogP contribution is 2.11. The predicted molar refractivity (Wildman–Crippen MR) is 77.3 cm³/mol. The van der Waals surface area contributed by atoms with Crippen LogP contribution in [0, 0.1) is 0 Å². The molecule has 0 aromatic carbocycles. The van der Waals surface area contributed by atoms with Crippen LogP contribution in [0.4, 0.5) is 0 Å². The molecule has 1 aliphatic rings. The molecule has 19 heavy (non-hydrogen) atoms. The Morgan fingerprint density at radius 1 is 1.37 bits per heavy atom. The lowest BCUT2D eigenvalue weighted by molar-refractivity contribution is -0.139. The molecular formula is C14H22N2O2S. The molecule has 1 saturated heterocycles. The van der Waals surface area contributed by atoms with Gasteiger partial charge >= 0.3 is 0 Å². The number of carbonyl (C=O) groups is 1. The van der Waals surface area contributed by atoms with Crippen molar-refractivity contribution in [2.24, 2.45) is 0 Å². The third kappa shape index (κ3) is 4.60. The Balaban J connectivity index is 1.71. The van der Waals surface area contributed by atoms with Crippen molar-refractivity contribution in [3.63, 3.8) is 0 Å². The average molecular weight is 282 g/mol. The number of amides is 1. The van der Waals surface area contributed by atoms with Crippen molar-refractivity contribution in [3.8, 4) is 0 Å². The van der Waals surface area contributed by atoms with Crippen molar-refractivity contribution in [1.29, 1.82) is 0 Å². The molecular weight excluding hydrogens is 260 g/mol. The van der Waals surface area contributed by atoms with Gasteiger partial charge in [-0.15, -0.1) is 0 Å². The smallest absolute Gasteiger partial charge is 0.248 e. The van der Waals surface area contributed by atoms with Crippen LogP contribution in [-0.4, -0.2) is 54.6 Å². The largest absolute Gasteiger partial charge is 0.369 e. The molecule has 5 heteroatoms. The second-order valence-electron chi connectivity index (χ2n) is 5.15. The lowest BCUT2D eigenvalue weighted by Gasteiger charge is -2.34. The number of piperazine rings is 1. The van der Waals surface area contributed by atoms with Gasteiger partial charge in [0.25, 0.3) is 0 Å². The summed E-state index contributed by atoms with van der Waals surface area (Å²) < 4.78 is 5.37. The summed E-state index contributed by atoms with van der Waals surface area (Å²) in [6.45, 7) is 8.62. The Morgan fingerprint density at radius 2 is 2.11 bits per heavy atom. The summed E-state index contributed by atoms with van der Waals surface area (Å²) in [4.78, 5) is 16.2. The predicted octanol–water partition coefficient (Wildman–Crippen LogP) is 1.82. The van der Waals surface area contributed by atoms with E-state index in [1.807, 2.05) is 18.7 Å². The standard InChI is InChI=1S/C14H22N2O2S/c1-12(2)18-10-14(17)16-6-4-15(5-7-16)9-13-3-8-19-11-13/h3,8,11-12H,4-7,9-10H2,1-2H3. The van der Waals surface area contributed by atoms with Gasteiger partial charge in [-0.3, -0.25) is 9.69 Å². The molecule has 0 unspecified atom stereocenters. The van der Waals surface area contributed by atoms with Crippen LogP contribution in [0.25, 0.3) is 0 Å². The quantitative estimate of drug-likeness (QED) is 0.826. The van der Waals surface area contributed by atoms with Gasteiger partial charge in [-0.2, -0.15) is 11.3 Å². The van der Waals surface area contributed by atoms with E-state index >= 15 is 0 Å². The van der Waals surface area contributed by atoms with Crippen molar-refractivity contribution >= 4 is 17.2 Å². The van der Waals surface area contributed by atoms with E-state index in [-0.39, 0.29) is 18.6 Å². The van der Waals surface area contributed by atoms with E-state index in [1.54, 1.807) is 11.3 Å². The maximum Gasteiger partial charge on any atom is 0.248 e. The Kier molecular flexibility index (Phi) is 5.36. The highest BCUT2D eigenvalue weighted by molar-refractivity contribution is 7.07. The molecule has 0 atom stereocenters. The number of hydrogen-bond acceptors (Lipinski definition) is 4. The number of hydrogen-bond donors (Lipinski definition) is 0. The van der Waals surface area contributed by atoms with E-state index in [4.69, 9.17) is 4.74 Å². The minimum absolute atomic E-state index is 0.115. The summed E-state index contributed by atoms with van der Waals surface area (Å²) in [5, 5.41) is 4.30. The molecule has 2 rings (SSSR count). The van der Waals surface area contributed by atoms with Crippen LogP contribution in [0.5, 0.6) is 0 Å². The van der Waals surface area contributed by atoms with Crippen molar-refractivity contribution in [3.05, 3.63) is 22.4 Å². The van der Waals surface area contributed by atoms with Gasteiger partial charge in [-0.05, 0) is 36.2 Å². The first-order valence-corrected chi connectivity index (χ1v) is 7.72. The first kappa shape index (κ1) is 14.5. The van der Waals surface area contributed by atoms with Gasteiger partial charge in [0.1, 0.15) is 6.61 Å². The lowest BCUT2D eigenvalue weighted by Crippen LogP contribution is -2.49. The van der Waals surface area contributed by atoms with E-state index in [1.165, 1.54) is 5.56 Å². The summed E-state index contributed by atoms with van der Waals surface area (Å²) in [7, 11) is 0. The van der Waals surface area contributed by atoms with Crippen molar-refractivity contribution in [2.45, 2.75) is 26.5 Å². The van der Waals surface area contributed by atoms with Gasteiger partial charge in [0.2, 0.25) is 5.91 Å². The first-order valence-electron chi connectivity index (χ1n) is 6.78. The summed E-state index contributed by atoms with van der Waals surface area (Å²) in [6, 6.07) is 2.17. The monoisotopic (exact) mass is 282 g/mol. The van der Waals surface area contributed by atoms with Gasteiger partial charge in [0.15, 0.2) is 0 Å². The molecule has 0 saturated carbocycles. The summed E-state index contributed by atoms with van der Waals surface area (Å²) in [5.74, 6) is 0.115. The van der Waals surface area contributed by atoms with Crippen molar-refractivity contribution in [2.75, 3.05) is 32.8 Å². The van der Waals surface area contributed by atoms with Crippen molar-refractivity contribution in [1.82, 2.24) is 9.80 Å². The molecule has 0 aliphatic carbocycles. The SMILES string of the molecule is CC(C)OCC(=O)N1CCN(Cc2ccsc2)CC1. The highest BCUT2D eigenvalue weighted by atomic mass is 32.1. The molecule has 106 valence electrons. The van der Waals surface area contributed by atoms with E-state index in [9.17, 15) is 4.79 Å². The van der Waals surface area contributed by atoms with E-state index in [0.29, 0.717) is 0 Å². The highest BCUT2D eigenvalue weighted by Gasteiger charge is 2.21. The van der Waals surface area contributed by atoms with Crippen LogP contribution in [0.15, 0.2) is 16.8 Å². The first-order chi connectivity index (χ1) is 9.15. The van der Waals surface area contributed by atoms with Crippen molar-refractivity contribution < 1.29 is 9.53 Å². The Labute approximate surface area is 119 Å². The van der Waals surface area contributed by atoms with Gasteiger partial charge in [-0.25, -0.2) is 0 Å². The average Bonchev–Trinajstić information content (AvgIpc) is 2.89. The molecule has 4 nitrogen and oxygen atoms in total. The van der Waals surface area contributed by atoms with Gasteiger partial charge < -0.3 is 9.64 Å². The van der Waals surface area contributed by atoms with Crippen LogP contribution in [-0.2, 0) is 16.1 Å². The molecule has 2 heterocycles. The lowest BCUT2D eigenvalue weighted by atomic mass is 10.2. The zero-order valence-corrected chi connectivity index (χ0v) is 12.5. The molecule has 0 bridgehead atoms. The van der Waals surface area contributed by atoms with Crippen LogP contribution in [0.3, 0.4) is 0 Å².